The maximum absolute atomic E-state index is 12.1. The van der Waals surface area contributed by atoms with Gasteiger partial charge in [-0.25, -0.2) is 4.79 Å². The highest BCUT2D eigenvalue weighted by molar-refractivity contribution is 5.91. The summed E-state index contributed by atoms with van der Waals surface area (Å²) < 4.78 is 5.25. The molecule has 0 aromatic heterocycles. The zero-order valence-electron chi connectivity index (χ0n) is 12.3. The minimum atomic E-state index is -0.764. The number of ether oxygens (including phenoxy) is 1. The van der Waals surface area contributed by atoms with Gasteiger partial charge in [0.2, 0.25) is 0 Å². The lowest BCUT2D eigenvalue weighted by Crippen LogP contribution is -2.19. The molecule has 8 nitrogen and oxygen atoms in total. The number of non-ortho nitro benzene ring substituents is 2. The Bertz CT molecular complexity index is 642. The summed E-state index contributed by atoms with van der Waals surface area (Å²) in [5, 5.41) is 21.7. The summed E-state index contributed by atoms with van der Waals surface area (Å²) in [5.41, 5.74) is -1.15. The number of carbonyl (C=O) groups excluding carboxylic acids is 1. The molecule has 0 heterocycles. The molecule has 8 heteroatoms. The Morgan fingerprint density at radius 1 is 1.09 bits per heavy atom. The summed E-state index contributed by atoms with van der Waals surface area (Å²) in [6, 6.07) is 2.85. The molecule has 2 saturated carbocycles. The third-order valence-corrected chi connectivity index (χ3v) is 4.87. The van der Waals surface area contributed by atoms with Crippen LogP contribution in [-0.2, 0) is 4.74 Å². The number of esters is 1. The van der Waals surface area contributed by atoms with Crippen molar-refractivity contribution in [3.05, 3.63) is 44.0 Å². The van der Waals surface area contributed by atoms with E-state index in [1.165, 1.54) is 12.8 Å². The molecule has 0 spiro atoms. The van der Waals surface area contributed by atoms with Crippen molar-refractivity contribution in [2.75, 3.05) is 6.61 Å². The van der Waals surface area contributed by atoms with Crippen LogP contribution in [0.3, 0.4) is 0 Å². The first-order chi connectivity index (χ1) is 10.9. The molecule has 0 radical (unpaired) electrons. The number of nitrogens with zero attached hydrogens (tertiary/aromatic N) is 2. The molecule has 23 heavy (non-hydrogen) atoms. The Hall–Kier alpha value is -2.51. The molecule has 2 bridgehead atoms. The molecule has 0 N–H and O–H groups in total. The Kier molecular flexibility index (Phi) is 3.97. The van der Waals surface area contributed by atoms with Gasteiger partial charge < -0.3 is 4.74 Å². The van der Waals surface area contributed by atoms with E-state index in [-0.39, 0.29) is 12.2 Å². The van der Waals surface area contributed by atoms with Gasteiger partial charge in [-0.15, -0.1) is 0 Å². The van der Waals surface area contributed by atoms with Gasteiger partial charge in [0.25, 0.3) is 11.4 Å². The molecular weight excluding hydrogens is 304 g/mol. The summed E-state index contributed by atoms with van der Waals surface area (Å²) >= 11 is 0. The maximum Gasteiger partial charge on any atom is 0.338 e. The zero-order chi connectivity index (χ0) is 16.6. The van der Waals surface area contributed by atoms with Gasteiger partial charge >= 0.3 is 5.97 Å². The average molecular weight is 320 g/mol. The minimum Gasteiger partial charge on any atom is -0.462 e. The van der Waals surface area contributed by atoms with Gasteiger partial charge in [-0.2, -0.15) is 0 Å². The van der Waals surface area contributed by atoms with Gasteiger partial charge in [0.15, 0.2) is 0 Å². The molecule has 2 fully saturated rings. The monoisotopic (exact) mass is 320 g/mol. The molecule has 3 rings (SSSR count). The maximum atomic E-state index is 12.1. The van der Waals surface area contributed by atoms with E-state index in [1.54, 1.807) is 0 Å². The molecule has 2 aliphatic rings. The number of fused-ring (bicyclic) bond motifs is 2. The fraction of sp³-hybridized carbons (Fsp3) is 0.533. The first-order valence-corrected chi connectivity index (χ1v) is 7.55. The van der Waals surface area contributed by atoms with E-state index in [1.807, 2.05) is 0 Å². The van der Waals surface area contributed by atoms with Gasteiger partial charge in [0.05, 0.1) is 28.1 Å². The summed E-state index contributed by atoms with van der Waals surface area (Å²) in [4.78, 5) is 32.2. The van der Waals surface area contributed by atoms with Crippen LogP contribution in [0.15, 0.2) is 18.2 Å². The van der Waals surface area contributed by atoms with Crippen molar-refractivity contribution in [1.29, 1.82) is 0 Å². The van der Waals surface area contributed by atoms with E-state index in [4.69, 9.17) is 4.74 Å². The molecule has 1 aromatic rings. The third-order valence-electron chi connectivity index (χ3n) is 4.87. The van der Waals surface area contributed by atoms with Gasteiger partial charge in [-0.05, 0) is 37.0 Å². The van der Waals surface area contributed by atoms with Crippen LogP contribution in [-0.4, -0.2) is 22.4 Å². The van der Waals surface area contributed by atoms with Crippen molar-refractivity contribution in [2.24, 2.45) is 17.8 Å². The second-order valence-electron chi connectivity index (χ2n) is 6.29. The van der Waals surface area contributed by atoms with Crippen molar-refractivity contribution >= 4 is 17.3 Å². The highest BCUT2D eigenvalue weighted by Crippen LogP contribution is 2.48. The predicted molar refractivity (Wildman–Crippen MR) is 79.0 cm³/mol. The Labute approximate surface area is 131 Å². The van der Waals surface area contributed by atoms with Crippen LogP contribution in [0.4, 0.5) is 11.4 Å². The van der Waals surface area contributed by atoms with E-state index < -0.39 is 27.2 Å². The van der Waals surface area contributed by atoms with E-state index in [0.717, 1.165) is 37.0 Å². The second kappa shape index (κ2) is 5.94. The van der Waals surface area contributed by atoms with Crippen molar-refractivity contribution in [3.8, 4) is 0 Å². The largest absolute Gasteiger partial charge is 0.462 e. The quantitative estimate of drug-likeness (QED) is 0.468. The number of rotatable bonds is 5. The van der Waals surface area contributed by atoms with Crippen LogP contribution in [0.2, 0.25) is 0 Å². The lowest BCUT2D eigenvalue weighted by molar-refractivity contribution is -0.394. The normalized spacial score (nSPS) is 25.3. The predicted octanol–water partition coefficient (Wildman–Crippen LogP) is 3.10. The van der Waals surface area contributed by atoms with Gasteiger partial charge in [-0.3, -0.25) is 20.2 Å². The number of hydrogen-bond acceptors (Lipinski definition) is 6. The molecule has 2 aliphatic carbocycles. The Morgan fingerprint density at radius 3 is 2.22 bits per heavy atom. The van der Waals surface area contributed by atoms with E-state index in [0.29, 0.717) is 11.8 Å². The summed E-state index contributed by atoms with van der Waals surface area (Å²) in [5.74, 6) is 0.904. The lowest BCUT2D eigenvalue weighted by Gasteiger charge is -2.21. The average Bonchev–Trinajstić information content (AvgIpc) is 3.14. The molecule has 0 aliphatic heterocycles. The van der Waals surface area contributed by atoms with Crippen molar-refractivity contribution < 1.29 is 19.4 Å². The Morgan fingerprint density at radius 2 is 1.74 bits per heavy atom. The minimum absolute atomic E-state index is 0.158. The molecule has 3 unspecified atom stereocenters. The smallest absolute Gasteiger partial charge is 0.338 e. The standard InChI is InChI=1S/C15H16N2O6/c18-15(23-8-12-4-9-1-2-10(12)3-9)11-5-13(16(19)20)7-14(6-11)17(21)22/h5-7,9-10,12H,1-4,8H2. The number of hydrogen-bond donors (Lipinski definition) is 0. The van der Waals surface area contributed by atoms with Crippen LogP contribution in [0.1, 0.15) is 36.0 Å². The van der Waals surface area contributed by atoms with Gasteiger partial charge in [-0.1, -0.05) is 6.42 Å². The van der Waals surface area contributed by atoms with E-state index in [9.17, 15) is 25.0 Å². The third kappa shape index (κ3) is 3.15. The number of carbonyl (C=O) groups is 1. The first-order valence-electron chi connectivity index (χ1n) is 7.55. The molecule has 1 aromatic carbocycles. The van der Waals surface area contributed by atoms with Crippen LogP contribution >= 0.6 is 0 Å². The van der Waals surface area contributed by atoms with Crippen molar-refractivity contribution in [2.45, 2.75) is 25.7 Å². The summed E-state index contributed by atoms with van der Waals surface area (Å²) in [6.45, 7) is 0.274. The van der Waals surface area contributed by atoms with Crippen LogP contribution < -0.4 is 0 Å². The first kappa shape index (κ1) is 15.4. The molecule has 0 saturated heterocycles. The van der Waals surface area contributed by atoms with Crippen molar-refractivity contribution in [1.82, 2.24) is 0 Å². The fourth-order valence-electron chi connectivity index (χ4n) is 3.77. The van der Waals surface area contributed by atoms with E-state index >= 15 is 0 Å². The van der Waals surface area contributed by atoms with E-state index in [2.05, 4.69) is 0 Å². The molecule has 122 valence electrons. The van der Waals surface area contributed by atoms with Crippen molar-refractivity contribution in [3.63, 3.8) is 0 Å². The Balaban J connectivity index is 1.71. The van der Waals surface area contributed by atoms with Crippen LogP contribution in [0.25, 0.3) is 0 Å². The highest BCUT2D eigenvalue weighted by Gasteiger charge is 2.40. The van der Waals surface area contributed by atoms with Crippen LogP contribution in [0.5, 0.6) is 0 Å². The number of nitro benzene ring substituents is 2. The molecule has 0 amide bonds. The molecular formula is C15H16N2O6. The van der Waals surface area contributed by atoms with Gasteiger partial charge in [0, 0.05) is 12.1 Å². The lowest BCUT2D eigenvalue weighted by atomic mass is 9.89. The summed E-state index contributed by atoms with van der Waals surface area (Å²) in [7, 11) is 0. The highest BCUT2D eigenvalue weighted by atomic mass is 16.6. The number of benzene rings is 1. The second-order valence-corrected chi connectivity index (χ2v) is 6.29. The summed E-state index contributed by atoms with van der Waals surface area (Å²) in [6.07, 6.45) is 4.64. The fourth-order valence-corrected chi connectivity index (χ4v) is 3.77. The topological polar surface area (TPSA) is 113 Å². The number of nitro groups is 2. The van der Waals surface area contributed by atoms with Gasteiger partial charge in [0.1, 0.15) is 0 Å². The van der Waals surface area contributed by atoms with Crippen LogP contribution in [0, 0.1) is 38.0 Å². The zero-order valence-corrected chi connectivity index (χ0v) is 12.3. The SMILES string of the molecule is O=C(OCC1CC2CCC1C2)c1cc([N+](=O)[O-])cc([N+](=O)[O-])c1. The molecule has 3 atom stereocenters.